The fourth-order valence-corrected chi connectivity index (χ4v) is 3.72. The molecule has 1 aliphatic heterocycles. The third-order valence-corrected chi connectivity index (χ3v) is 4.94. The Morgan fingerprint density at radius 3 is 2.42 bits per heavy atom. The van der Waals surface area contributed by atoms with Crippen LogP contribution in [0.3, 0.4) is 0 Å². The molecule has 1 fully saturated rings. The van der Waals surface area contributed by atoms with Gasteiger partial charge in [0, 0.05) is 13.1 Å². The molecule has 0 aromatic heterocycles. The van der Waals surface area contributed by atoms with Gasteiger partial charge in [-0.1, -0.05) is 30.3 Å². The van der Waals surface area contributed by atoms with Crippen molar-refractivity contribution in [3.8, 4) is 0 Å². The molecule has 0 spiro atoms. The lowest BCUT2D eigenvalue weighted by molar-refractivity contribution is 0.254. The molecule has 0 unspecified atom stereocenters. The number of rotatable bonds is 6. The van der Waals surface area contributed by atoms with E-state index in [0.29, 0.717) is 19.5 Å². The molecule has 0 bridgehead atoms. The van der Waals surface area contributed by atoms with Crippen LogP contribution in [0, 0.1) is 0 Å². The van der Waals surface area contributed by atoms with Gasteiger partial charge in [0.05, 0.1) is 12.6 Å². The molecule has 0 aliphatic carbocycles. The van der Waals surface area contributed by atoms with Gasteiger partial charge in [0.2, 0.25) is 0 Å². The third-order valence-electron chi connectivity index (χ3n) is 3.27. The Kier molecular flexibility index (Phi) is 4.93. The third kappa shape index (κ3) is 4.01. The summed E-state index contributed by atoms with van der Waals surface area (Å²) in [7, 11) is -3.47. The maximum Gasteiger partial charge on any atom is 0.279 e. The van der Waals surface area contributed by atoms with E-state index in [1.807, 2.05) is 30.3 Å². The first kappa shape index (κ1) is 14.5. The van der Waals surface area contributed by atoms with E-state index in [4.69, 9.17) is 0 Å². The normalized spacial score (nSPS) is 18.6. The lowest BCUT2D eigenvalue weighted by atomic mass is 10.1. The van der Waals surface area contributed by atoms with Crippen LogP contribution in [0.2, 0.25) is 0 Å². The first-order valence-corrected chi connectivity index (χ1v) is 7.98. The topological polar surface area (TPSA) is 69.6 Å². The van der Waals surface area contributed by atoms with Gasteiger partial charge in [-0.15, -0.1) is 0 Å². The molecule has 1 saturated heterocycles. The summed E-state index contributed by atoms with van der Waals surface area (Å²) < 4.78 is 28.2. The number of hydrogen-bond donors (Lipinski definition) is 2. The standard InChI is InChI=1S/C13H20N2O3S/c16-11-13(10-12-6-2-1-3-7-12)14-19(17,18)15-8-4-5-9-15/h1-3,6-7,13-14,16H,4-5,8-11H2/t13-/m0/s1. The Balaban J connectivity index is 1.98. The summed E-state index contributed by atoms with van der Waals surface area (Å²) in [5, 5.41) is 9.35. The van der Waals surface area contributed by atoms with Crippen molar-refractivity contribution >= 4 is 10.2 Å². The fourth-order valence-electron chi connectivity index (χ4n) is 2.26. The van der Waals surface area contributed by atoms with Gasteiger partial charge in [0.1, 0.15) is 0 Å². The highest BCUT2D eigenvalue weighted by Gasteiger charge is 2.27. The van der Waals surface area contributed by atoms with E-state index in [2.05, 4.69) is 4.72 Å². The molecule has 1 aromatic carbocycles. The maximum atomic E-state index is 12.1. The molecule has 6 heteroatoms. The second kappa shape index (κ2) is 6.47. The molecule has 1 aliphatic rings. The first-order chi connectivity index (χ1) is 9.12. The van der Waals surface area contributed by atoms with Crippen LogP contribution in [0.15, 0.2) is 30.3 Å². The van der Waals surface area contributed by atoms with Crippen LogP contribution in [-0.2, 0) is 16.6 Å². The average molecular weight is 284 g/mol. The van der Waals surface area contributed by atoms with Crippen molar-refractivity contribution in [3.63, 3.8) is 0 Å². The van der Waals surface area contributed by atoms with Crippen molar-refractivity contribution in [1.29, 1.82) is 0 Å². The number of benzene rings is 1. The van der Waals surface area contributed by atoms with Crippen LogP contribution >= 0.6 is 0 Å². The summed E-state index contributed by atoms with van der Waals surface area (Å²) in [6.07, 6.45) is 2.30. The van der Waals surface area contributed by atoms with Gasteiger partial charge in [-0.25, -0.2) is 0 Å². The zero-order valence-corrected chi connectivity index (χ0v) is 11.6. The van der Waals surface area contributed by atoms with Crippen LogP contribution in [0.5, 0.6) is 0 Å². The average Bonchev–Trinajstić information content (AvgIpc) is 2.93. The molecule has 1 atom stereocenters. The highest BCUT2D eigenvalue weighted by Crippen LogP contribution is 2.12. The molecular formula is C13H20N2O3S. The van der Waals surface area contributed by atoms with Crippen LogP contribution in [-0.4, -0.2) is 43.6 Å². The van der Waals surface area contributed by atoms with Gasteiger partial charge in [0.15, 0.2) is 0 Å². The number of aliphatic hydroxyl groups is 1. The van der Waals surface area contributed by atoms with Gasteiger partial charge in [-0.05, 0) is 24.8 Å². The van der Waals surface area contributed by atoms with Gasteiger partial charge in [-0.3, -0.25) is 0 Å². The molecule has 19 heavy (non-hydrogen) atoms. The highest BCUT2D eigenvalue weighted by atomic mass is 32.2. The summed E-state index contributed by atoms with van der Waals surface area (Å²) in [6, 6.07) is 9.08. The molecule has 106 valence electrons. The summed E-state index contributed by atoms with van der Waals surface area (Å²) in [6.45, 7) is 0.930. The smallest absolute Gasteiger partial charge is 0.279 e. The molecule has 5 nitrogen and oxygen atoms in total. The Bertz CT molecular complexity index is 484. The molecular weight excluding hydrogens is 264 g/mol. The van der Waals surface area contributed by atoms with Gasteiger partial charge >= 0.3 is 0 Å². The van der Waals surface area contributed by atoms with E-state index in [1.165, 1.54) is 4.31 Å². The van der Waals surface area contributed by atoms with Gasteiger partial charge in [-0.2, -0.15) is 17.4 Å². The molecule has 0 radical (unpaired) electrons. The summed E-state index contributed by atoms with van der Waals surface area (Å²) in [5.74, 6) is 0. The van der Waals surface area contributed by atoms with E-state index < -0.39 is 16.3 Å². The van der Waals surface area contributed by atoms with E-state index in [9.17, 15) is 13.5 Å². The molecule has 0 amide bonds. The minimum Gasteiger partial charge on any atom is -0.395 e. The van der Waals surface area contributed by atoms with Crippen LogP contribution in [0.4, 0.5) is 0 Å². The monoisotopic (exact) mass is 284 g/mol. The van der Waals surface area contributed by atoms with Crippen molar-refractivity contribution in [2.75, 3.05) is 19.7 Å². The lowest BCUT2D eigenvalue weighted by Crippen LogP contribution is -2.46. The number of nitrogens with one attached hydrogen (secondary N) is 1. The summed E-state index contributed by atoms with van der Waals surface area (Å²) in [5.41, 5.74) is 1.01. The Morgan fingerprint density at radius 1 is 1.21 bits per heavy atom. The number of nitrogens with zero attached hydrogens (tertiary/aromatic N) is 1. The van der Waals surface area contributed by atoms with Crippen molar-refractivity contribution < 1.29 is 13.5 Å². The predicted molar refractivity (Wildman–Crippen MR) is 73.9 cm³/mol. The molecule has 2 rings (SSSR count). The number of hydrogen-bond acceptors (Lipinski definition) is 3. The van der Waals surface area contributed by atoms with Crippen molar-refractivity contribution in [3.05, 3.63) is 35.9 Å². The largest absolute Gasteiger partial charge is 0.395 e. The lowest BCUT2D eigenvalue weighted by Gasteiger charge is -2.21. The Labute approximate surface area is 114 Å². The van der Waals surface area contributed by atoms with E-state index in [0.717, 1.165) is 18.4 Å². The SMILES string of the molecule is O=S(=O)(N[C@H](CO)Cc1ccccc1)N1CCCC1. The fraction of sp³-hybridized carbons (Fsp3) is 0.538. The summed E-state index contributed by atoms with van der Waals surface area (Å²) >= 11 is 0. The Morgan fingerprint density at radius 2 is 1.84 bits per heavy atom. The second-order valence-electron chi connectivity index (χ2n) is 4.80. The minimum absolute atomic E-state index is 0.206. The van der Waals surface area contributed by atoms with Gasteiger partial charge < -0.3 is 5.11 Å². The molecule has 0 saturated carbocycles. The zero-order valence-electron chi connectivity index (χ0n) is 10.8. The van der Waals surface area contributed by atoms with E-state index in [1.54, 1.807) is 0 Å². The minimum atomic E-state index is -3.47. The van der Waals surface area contributed by atoms with Crippen molar-refractivity contribution in [2.24, 2.45) is 0 Å². The van der Waals surface area contributed by atoms with Crippen molar-refractivity contribution in [2.45, 2.75) is 25.3 Å². The molecule has 1 aromatic rings. The highest BCUT2D eigenvalue weighted by molar-refractivity contribution is 7.87. The Hall–Kier alpha value is -0.950. The quantitative estimate of drug-likeness (QED) is 0.800. The zero-order chi connectivity index (χ0) is 13.7. The van der Waals surface area contributed by atoms with E-state index >= 15 is 0 Å². The van der Waals surface area contributed by atoms with Crippen LogP contribution in [0.1, 0.15) is 18.4 Å². The second-order valence-corrected chi connectivity index (χ2v) is 6.50. The predicted octanol–water partition coefficient (Wildman–Crippen LogP) is 0.520. The molecule has 1 heterocycles. The van der Waals surface area contributed by atoms with Crippen LogP contribution in [0.25, 0.3) is 0 Å². The van der Waals surface area contributed by atoms with Crippen molar-refractivity contribution in [1.82, 2.24) is 9.03 Å². The maximum absolute atomic E-state index is 12.1. The molecule has 2 N–H and O–H groups in total. The summed E-state index contributed by atoms with van der Waals surface area (Å²) in [4.78, 5) is 0. The van der Waals surface area contributed by atoms with E-state index in [-0.39, 0.29) is 6.61 Å². The van der Waals surface area contributed by atoms with Crippen LogP contribution < -0.4 is 4.72 Å². The first-order valence-electron chi connectivity index (χ1n) is 6.54. The van der Waals surface area contributed by atoms with Gasteiger partial charge in [0.25, 0.3) is 10.2 Å². The number of aliphatic hydroxyl groups excluding tert-OH is 1.